The maximum absolute atomic E-state index is 11.7. The molecule has 0 fully saturated rings. The third-order valence-electron chi connectivity index (χ3n) is 2.14. The van der Waals surface area contributed by atoms with Gasteiger partial charge in [0.1, 0.15) is 0 Å². The van der Waals surface area contributed by atoms with Gasteiger partial charge in [-0.3, -0.25) is 0 Å². The molecule has 0 heterocycles. The van der Waals surface area contributed by atoms with Crippen LogP contribution in [0.3, 0.4) is 0 Å². The van der Waals surface area contributed by atoms with E-state index in [-0.39, 0.29) is 28.4 Å². The predicted molar refractivity (Wildman–Crippen MR) is 70.9 cm³/mol. The number of benzene rings is 1. The van der Waals surface area contributed by atoms with E-state index in [0.717, 1.165) is 0 Å². The van der Waals surface area contributed by atoms with E-state index in [1.54, 1.807) is 6.92 Å². The number of nitrogens with two attached hydrogens (primary N) is 1. The third kappa shape index (κ3) is 2.76. The summed E-state index contributed by atoms with van der Waals surface area (Å²) in [5.41, 5.74) is 5.89. The number of methoxy groups -OCH3 is 1. The van der Waals surface area contributed by atoms with E-state index in [0.29, 0.717) is 4.47 Å². The molecule has 0 aliphatic rings. The molecule has 2 N–H and O–H groups in total. The van der Waals surface area contributed by atoms with Gasteiger partial charge < -0.3 is 15.2 Å². The monoisotopic (exact) mass is 335 g/mol. The summed E-state index contributed by atoms with van der Waals surface area (Å²) in [5.74, 6) is -1.25. The molecule has 1 rings (SSSR count). The first kappa shape index (κ1) is 14.8. The largest absolute Gasteiger partial charge is 0.465 e. The van der Waals surface area contributed by atoms with Crippen LogP contribution in [0.15, 0.2) is 10.5 Å². The summed E-state index contributed by atoms with van der Waals surface area (Å²) >= 11 is 9.09. The number of hydrogen-bond donors (Lipinski definition) is 1. The van der Waals surface area contributed by atoms with Crippen molar-refractivity contribution in [1.82, 2.24) is 0 Å². The van der Waals surface area contributed by atoms with Crippen molar-refractivity contribution in [2.45, 2.75) is 6.92 Å². The van der Waals surface area contributed by atoms with E-state index < -0.39 is 11.9 Å². The van der Waals surface area contributed by atoms with Gasteiger partial charge >= 0.3 is 11.9 Å². The molecule has 0 aromatic heterocycles. The number of halogens is 2. The Balaban J connectivity index is 3.38. The van der Waals surface area contributed by atoms with Crippen molar-refractivity contribution in [3.8, 4) is 0 Å². The van der Waals surface area contributed by atoms with Crippen LogP contribution < -0.4 is 5.73 Å². The minimum absolute atomic E-state index is 0.0232. The third-order valence-corrected chi connectivity index (χ3v) is 3.17. The lowest BCUT2D eigenvalue weighted by molar-refractivity contribution is 0.0524. The van der Waals surface area contributed by atoms with Crippen LogP contribution in [0.1, 0.15) is 27.6 Å². The number of anilines is 1. The van der Waals surface area contributed by atoms with Crippen molar-refractivity contribution in [1.29, 1.82) is 0 Å². The van der Waals surface area contributed by atoms with Crippen LogP contribution in [-0.4, -0.2) is 25.7 Å². The minimum atomic E-state index is -0.636. The van der Waals surface area contributed by atoms with Crippen LogP contribution >= 0.6 is 27.5 Å². The molecule has 0 saturated heterocycles. The van der Waals surface area contributed by atoms with Gasteiger partial charge in [0.25, 0.3) is 0 Å². The minimum Gasteiger partial charge on any atom is -0.465 e. The number of esters is 2. The molecular formula is C11H11BrClNO4. The fraction of sp³-hybridized carbons (Fsp3) is 0.273. The standard InChI is InChI=1S/C11H11BrClNO4/c1-3-18-11(16)7-6(12)4-5(10(15)17-2)8(13)9(7)14/h4H,3,14H2,1-2H3. The van der Waals surface area contributed by atoms with Crippen molar-refractivity contribution in [3.05, 3.63) is 26.7 Å². The van der Waals surface area contributed by atoms with Crippen LogP contribution in [0, 0.1) is 0 Å². The van der Waals surface area contributed by atoms with E-state index >= 15 is 0 Å². The van der Waals surface area contributed by atoms with Crippen molar-refractivity contribution < 1.29 is 19.1 Å². The summed E-state index contributed by atoms with van der Waals surface area (Å²) in [4.78, 5) is 23.1. The SMILES string of the molecule is CCOC(=O)c1c(Br)cc(C(=O)OC)c(Cl)c1N. The molecule has 18 heavy (non-hydrogen) atoms. The lowest BCUT2D eigenvalue weighted by Gasteiger charge is -2.12. The highest BCUT2D eigenvalue weighted by atomic mass is 79.9. The molecule has 5 nitrogen and oxygen atoms in total. The maximum atomic E-state index is 11.7. The Morgan fingerprint density at radius 3 is 2.56 bits per heavy atom. The first-order valence-corrected chi connectivity index (χ1v) is 6.14. The molecule has 1 aromatic rings. The molecule has 1 aromatic carbocycles. The van der Waals surface area contributed by atoms with Crippen molar-refractivity contribution in [3.63, 3.8) is 0 Å². The zero-order chi connectivity index (χ0) is 13.9. The summed E-state index contributed by atoms with van der Waals surface area (Å²) in [6.07, 6.45) is 0. The highest BCUT2D eigenvalue weighted by molar-refractivity contribution is 9.10. The number of carbonyl (C=O) groups excluding carboxylic acids is 2. The smallest absolute Gasteiger partial charge is 0.341 e. The lowest BCUT2D eigenvalue weighted by Crippen LogP contribution is -2.12. The van der Waals surface area contributed by atoms with Crippen LogP contribution in [0.2, 0.25) is 5.02 Å². The van der Waals surface area contributed by atoms with Gasteiger partial charge in [0.2, 0.25) is 0 Å². The van der Waals surface area contributed by atoms with Gasteiger partial charge in [-0.2, -0.15) is 0 Å². The zero-order valence-corrected chi connectivity index (χ0v) is 12.1. The second-order valence-electron chi connectivity index (χ2n) is 3.22. The molecule has 0 unspecified atom stereocenters. The van der Waals surface area contributed by atoms with Crippen LogP contribution in [-0.2, 0) is 9.47 Å². The van der Waals surface area contributed by atoms with Crippen molar-refractivity contribution >= 4 is 45.2 Å². The quantitative estimate of drug-likeness (QED) is 0.678. The van der Waals surface area contributed by atoms with Crippen LogP contribution in [0.4, 0.5) is 5.69 Å². The van der Waals surface area contributed by atoms with Gasteiger partial charge in [0.15, 0.2) is 0 Å². The van der Waals surface area contributed by atoms with E-state index in [2.05, 4.69) is 20.7 Å². The molecule has 0 bridgehead atoms. The average Bonchev–Trinajstić information content (AvgIpc) is 2.33. The van der Waals surface area contributed by atoms with Gasteiger partial charge in [-0.15, -0.1) is 0 Å². The topological polar surface area (TPSA) is 78.6 Å². The molecule has 0 saturated carbocycles. The Hall–Kier alpha value is -1.27. The summed E-state index contributed by atoms with van der Waals surface area (Å²) in [6, 6.07) is 1.37. The lowest BCUT2D eigenvalue weighted by atomic mass is 10.1. The van der Waals surface area contributed by atoms with Gasteiger partial charge in [-0.05, 0) is 28.9 Å². The van der Waals surface area contributed by atoms with E-state index in [9.17, 15) is 9.59 Å². The van der Waals surface area contributed by atoms with E-state index in [1.165, 1.54) is 13.2 Å². The molecule has 0 atom stereocenters. The number of ether oxygens (including phenoxy) is 2. The number of hydrogen-bond acceptors (Lipinski definition) is 5. The first-order chi connectivity index (χ1) is 8.43. The summed E-state index contributed by atoms with van der Waals surface area (Å²) in [5, 5.41) is -0.0342. The van der Waals surface area contributed by atoms with Gasteiger partial charge in [0, 0.05) is 4.47 Å². The summed E-state index contributed by atoms with van der Waals surface area (Å²) in [6.45, 7) is 1.88. The second-order valence-corrected chi connectivity index (χ2v) is 4.45. The van der Waals surface area contributed by atoms with E-state index in [1.807, 2.05) is 0 Å². The number of nitrogen functional groups attached to an aromatic ring is 1. The maximum Gasteiger partial charge on any atom is 0.341 e. The Labute approximate surface area is 117 Å². The van der Waals surface area contributed by atoms with Crippen LogP contribution in [0.25, 0.3) is 0 Å². The van der Waals surface area contributed by atoms with Gasteiger partial charge in [-0.1, -0.05) is 11.6 Å². The number of carbonyl (C=O) groups is 2. The molecule has 0 aliphatic carbocycles. The van der Waals surface area contributed by atoms with Crippen molar-refractivity contribution in [2.75, 3.05) is 19.5 Å². The Bertz CT molecular complexity index is 504. The molecule has 98 valence electrons. The molecule has 0 radical (unpaired) electrons. The molecule has 7 heteroatoms. The molecule has 0 amide bonds. The summed E-state index contributed by atoms with van der Waals surface area (Å²) in [7, 11) is 1.22. The highest BCUT2D eigenvalue weighted by Crippen LogP contribution is 2.34. The molecular weight excluding hydrogens is 325 g/mol. The molecule has 0 spiro atoms. The van der Waals surface area contributed by atoms with Gasteiger partial charge in [-0.25, -0.2) is 9.59 Å². The van der Waals surface area contributed by atoms with Crippen molar-refractivity contribution in [2.24, 2.45) is 0 Å². The summed E-state index contributed by atoms with van der Waals surface area (Å²) < 4.78 is 9.73. The van der Waals surface area contributed by atoms with Crippen LogP contribution in [0.5, 0.6) is 0 Å². The predicted octanol–water partition coefficient (Wildman–Crippen LogP) is 2.65. The normalized spacial score (nSPS) is 10.0. The fourth-order valence-electron chi connectivity index (χ4n) is 1.31. The average molecular weight is 337 g/mol. The zero-order valence-electron chi connectivity index (χ0n) is 9.75. The Kier molecular flexibility index (Phi) is 4.98. The molecule has 0 aliphatic heterocycles. The van der Waals surface area contributed by atoms with E-state index in [4.69, 9.17) is 22.1 Å². The Morgan fingerprint density at radius 1 is 1.44 bits per heavy atom. The first-order valence-electron chi connectivity index (χ1n) is 4.96. The number of rotatable bonds is 3. The highest BCUT2D eigenvalue weighted by Gasteiger charge is 2.23. The fourth-order valence-corrected chi connectivity index (χ4v) is 2.15. The van der Waals surface area contributed by atoms with Gasteiger partial charge in [0.05, 0.1) is 35.6 Å². The second kappa shape index (κ2) is 6.06. The Morgan fingerprint density at radius 2 is 2.06 bits per heavy atom.